The van der Waals surface area contributed by atoms with E-state index in [9.17, 15) is 20.1 Å². The molecule has 3 atom stereocenters. The van der Waals surface area contributed by atoms with Crippen LogP contribution in [-0.2, 0) is 11.0 Å². The Morgan fingerprint density at radius 3 is 2.42 bits per heavy atom. The van der Waals surface area contributed by atoms with Crippen molar-refractivity contribution in [2.45, 2.75) is 58.0 Å². The van der Waals surface area contributed by atoms with E-state index in [1.807, 2.05) is 6.92 Å². The summed E-state index contributed by atoms with van der Waals surface area (Å²) in [6, 6.07) is 0. The molecule has 3 unspecified atom stereocenters. The monoisotopic (exact) mass is 360 g/mol. The lowest BCUT2D eigenvalue weighted by atomic mass is 9.54. The van der Waals surface area contributed by atoms with Crippen LogP contribution in [0.4, 0.5) is 0 Å². The van der Waals surface area contributed by atoms with Crippen molar-refractivity contribution in [1.29, 1.82) is 0 Å². The first-order valence-corrected chi connectivity index (χ1v) is 9.06. The summed E-state index contributed by atoms with van der Waals surface area (Å²) in [6.07, 6.45) is 1.98. The van der Waals surface area contributed by atoms with Crippen molar-refractivity contribution < 1.29 is 24.9 Å². The number of phenols is 2. The van der Waals surface area contributed by atoms with Gasteiger partial charge in [-0.3, -0.25) is 4.79 Å². The maximum atomic E-state index is 13.0. The molecule has 3 N–H and O–H groups in total. The molecule has 5 nitrogen and oxygen atoms in total. The summed E-state index contributed by atoms with van der Waals surface area (Å²) < 4.78 is 5.50. The summed E-state index contributed by atoms with van der Waals surface area (Å²) >= 11 is 0. The third-order valence-electron chi connectivity index (χ3n) is 6.40. The molecule has 3 rings (SSSR count). The number of allylic oxidation sites excluding steroid dienone is 1. The lowest BCUT2D eigenvalue weighted by Crippen LogP contribution is -2.45. The number of hydrogen-bond acceptors (Lipinski definition) is 5. The number of Topliss-reactive ketones (excluding diaryl/α,β-unsaturated/α-hetero) is 1. The lowest BCUT2D eigenvalue weighted by Gasteiger charge is -2.49. The predicted octanol–water partition coefficient (Wildman–Crippen LogP) is 3.78. The Morgan fingerprint density at radius 1 is 1.27 bits per heavy atom. The standard InChI is InChI=1S/C21H28O5/c1-10-7-8-21(5)12(11(10)2)9-13(22)14-15(21)19(26-6)18(24)16(17(14)23)20(3,4)25/h10,12,23-25H,2,7-9H2,1,3-6H3. The van der Waals surface area contributed by atoms with E-state index < -0.39 is 11.0 Å². The number of benzene rings is 1. The van der Waals surface area contributed by atoms with Crippen LogP contribution in [-0.4, -0.2) is 28.2 Å². The van der Waals surface area contributed by atoms with E-state index in [1.54, 1.807) is 0 Å². The molecule has 0 saturated heterocycles. The summed E-state index contributed by atoms with van der Waals surface area (Å²) in [6.45, 7) is 11.3. The maximum absolute atomic E-state index is 13.0. The Balaban J connectivity index is 2.40. The molecule has 1 fully saturated rings. The number of hydrogen-bond donors (Lipinski definition) is 3. The third kappa shape index (κ3) is 2.37. The number of phenolic OH excluding ortho intramolecular Hbond substituents is 2. The number of fused-ring (bicyclic) bond motifs is 3. The van der Waals surface area contributed by atoms with Crippen molar-refractivity contribution in [2.75, 3.05) is 7.11 Å². The first-order chi connectivity index (χ1) is 11.9. The van der Waals surface area contributed by atoms with Crippen LogP contribution in [0.15, 0.2) is 12.2 Å². The Morgan fingerprint density at radius 2 is 1.88 bits per heavy atom. The van der Waals surface area contributed by atoms with Crippen LogP contribution < -0.4 is 4.74 Å². The van der Waals surface area contributed by atoms with Gasteiger partial charge >= 0.3 is 0 Å². The van der Waals surface area contributed by atoms with E-state index >= 15 is 0 Å². The summed E-state index contributed by atoms with van der Waals surface area (Å²) in [5.74, 6) is -0.440. The average molecular weight is 360 g/mol. The highest BCUT2D eigenvalue weighted by molar-refractivity contribution is 6.04. The molecule has 0 bridgehead atoms. The molecule has 0 heterocycles. The zero-order chi connectivity index (χ0) is 19.6. The molecule has 0 spiro atoms. The molecule has 2 aliphatic carbocycles. The summed E-state index contributed by atoms with van der Waals surface area (Å²) in [7, 11) is 1.43. The molecular weight excluding hydrogens is 332 g/mol. The first kappa shape index (κ1) is 18.8. The van der Waals surface area contributed by atoms with Crippen LogP contribution in [0.1, 0.15) is 68.4 Å². The first-order valence-electron chi connectivity index (χ1n) is 9.06. The van der Waals surface area contributed by atoms with Crippen LogP contribution in [0.3, 0.4) is 0 Å². The van der Waals surface area contributed by atoms with Crippen molar-refractivity contribution in [3.8, 4) is 17.2 Å². The van der Waals surface area contributed by atoms with Crippen molar-refractivity contribution in [3.63, 3.8) is 0 Å². The van der Waals surface area contributed by atoms with Crippen LogP contribution in [0.5, 0.6) is 17.2 Å². The maximum Gasteiger partial charge on any atom is 0.167 e. The molecule has 0 aromatic heterocycles. The minimum atomic E-state index is -1.53. The smallest absolute Gasteiger partial charge is 0.167 e. The van der Waals surface area contributed by atoms with E-state index in [0.717, 1.165) is 18.4 Å². The van der Waals surface area contributed by atoms with E-state index in [1.165, 1.54) is 21.0 Å². The van der Waals surface area contributed by atoms with Crippen LogP contribution >= 0.6 is 0 Å². The fraction of sp³-hybridized carbons (Fsp3) is 0.571. The van der Waals surface area contributed by atoms with Gasteiger partial charge in [0.15, 0.2) is 17.3 Å². The van der Waals surface area contributed by atoms with Gasteiger partial charge in [-0.15, -0.1) is 0 Å². The Bertz CT molecular complexity index is 802. The fourth-order valence-corrected chi connectivity index (χ4v) is 4.87. The predicted molar refractivity (Wildman–Crippen MR) is 98.9 cm³/mol. The van der Waals surface area contributed by atoms with Gasteiger partial charge in [0.25, 0.3) is 0 Å². The molecule has 0 radical (unpaired) electrons. The summed E-state index contributed by atoms with van der Waals surface area (Å²) in [5.41, 5.74) is -0.336. The molecule has 26 heavy (non-hydrogen) atoms. The average Bonchev–Trinajstić information content (AvgIpc) is 2.52. The molecule has 1 saturated carbocycles. The number of carbonyl (C=O) groups excluding carboxylic acids is 1. The highest BCUT2D eigenvalue weighted by Gasteiger charge is 2.52. The van der Waals surface area contributed by atoms with Gasteiger partial charge in [0.2, 0.25) is 0 Å². The molecular formula is C21H28O5. The second kappa shape index (κ2) is 5.74. The molecule has 0 amide bonds. The van der Waals surface area contributed by atoms with Gasteiger partial charge in [-0.25, -0.2) is 0 Å². The zero-order valence-electron chi connectivity index (χ0n) is 16.1. The van der Waals surface area contributed by atoms with Gasteiger partial charge in [-0.1, -0.05) is 26.0 Å². The SMILES string of the molecule is C=C1C(C)CCC2(C)c3c(OC)c(O)c(C(C)(C)O)c(O)c3C(=O)CC12. The summed E-state index contributed by atoms with van der Waals surface area (Å²) in [4.78, 5) is 13.0. The van der Waals surface area contributed by atoms with Gasteiger partial charge in [-0.2, -0.15) is 0 Å². The molecule has 142 valence electrons. The summed E-state index contributed by atoms with van der Waals surface area (Å²) in [5, 5.41) is 32.1. The molecule has 0 aliphatic heterocycles. The van der Waals surface area contributed by atoms with Crippen LogP contribution in [0.25, 0.3) is 0 Å². The van der Waals surface area contributed by atoms with Crippen molar-refractivity contribution in [2.24, 2.45) is 11.8 Å². The van der Waals surface area contributed by atoms with Crippen LogP contribution in [0, 0.1) is 11.8 Å². The van der Waals surface area contributed by atoms with E-state index in [-0.39, 0.29) is 46.5 Å². The zero-order valence-corrected chi connectivity index (χ0v) is 16.1. The van der Waals surface area contributed by atoms with Gasteiger partial charge < -0.3 is 20.1 Å². The Labute approximate surface area is 154 Å². The van der Waals surface area contributed by atoms with Crippen molar-refractivity contribution >= 4 is 5.78 Å². The number of carbonyl (C=O) groups is 1. The lowest BCUT2D eigenvalue weighted by molar-refractivity contribution is 0.0711. The third-order valence-corrected chi connectivity index (χ3v) is 6.40. The minimum Gasteiger partial charge on any atom is -0.507 e. The molecule has 5 heteroatoms. The van der Waals surface area contributed by atoms with E-state index in [2.05, 4.69) is 13.5 Å². The minimum absolute atomic E-state index is 0.0630. The normalized spacial score (nSPS) is 28.5. The second-order valence-electron chi connectivity index (χ2n) is 8.53. The second-order valence-corrected chi connectivity index (χ2v) is 8.53. The van der Waals surface area contributed by atoms with E-state index in [4.69, 9.17) is 4.74 Å². The number of aliphatic hydroxyl groups is 1. The molecule has 2 aliphatic rings. The van der Waals surface area contributed by atoms with Crippen molar-refractivity contribution in [1.82, 2.24) is 0 Å². The number of ketones is 1. The molecule has 1 aromatic rings. The van der Waals surface area contributed by atoms with Gasteiger partial charge in [0.1, 0.15) is 5.75 Å². The Hall–Kier alpha value is -2.01. The topological polar surface area (TPSA) is 87.0 Å². The molecule has 1 aromatic carbocycles. The highest BCUT2D eigenvalue weighted by atomic mass is 16.5. The van der Waals surface area contributed by atoms with Gasteiger partial charge in [0, 0.05) is 17.4 Å². The van der Waals surface area contributed by atoms with Crippen molar-refractivity contribution in [3.05, 3.63) is 28.8 Å². The van der Waals surface area contributed by atoms with Gasteiger partial charge in [0.05, 0.1) is 23.8 Å². The highest BCUT2D eigenvalue weighted by Crippen LogP contribution is 2.60. The fourth-order valence-electron chi connectivity index (χ4n) is 4.87. The number of methoxy groups -OCH3 is 1. The number of ether oxygens (including phenoxy) is 1. The van der Waals surface area contributed by atoms with Gasteiger partial charge in [-0.05, 0) is 38.5 Å². The number of rotatable bonds is 2. The van der Waals surface area contributed by atoms with E-state index in [0.29, 0.717) is 11.5 Å². The largest absolute Gasteiger partial charge is 0.507 e. The Kier molecular flexibility index (Phi) is 4.15. The van der Waals surface area contributed by atoms with Crippen LogP contribution in [0.2, 0.25) is 0 Å². The number of aromatic hydroxyl groups is 2. The quantitative estimate of drug-likeness (QED) is 0.699.